The number of amides is 2. The Labute approximate surface area is 189 Å². The number of aromatic nitrogens is 1. The number of aliphatic hydroxyl groups excluding tert-OH is 2. The van der Waals surface area contributed by atoms with E-state index in [-0.39, 0.29) is 19.5 Å². The molecule has 166 valence electrons. The molecule has 0 spiro atoms. The number of fused-ring (bicyclic) bond motifs is 1. The van der Waals surface area contributed by atoms with Crippen molar-refractivity contribution in [2.24, 2.45) is 0 Å². The molecule has 0 aliphatic carbocycles. The molecule has 1 fully saturated rings. The number of halogens is 1. The number of ketones is 1. The van der Waals surface area contributed by atoms with Gasteiger partial charge in [0.05, 0.1) is 24.6 Å². The number of benzene rings is 2. The third kappa shape index (κ3) is 4.52. The zero-order valence-electron chi connectivity index (χ0n) is 17.0. The SMILES string of the molecule is O=C1CN(C(=O)[C@H](O)[C@H](Cc2ccccc2)NC(=O)n2ccc3cc(Cl)ccc32)C[C@@H]1O. The molecule has 9 heteroatoms. The number of β-amino-alcohol motifs (C(OH)–C–C–N with tert-alkyl or cyclic N) is 1. The first-order valence-electron chi connectivity index (χ1n) is 10.1. The number of carbonyl (C=O) groups is 3. The van der Waals surface area contributed by atoms with Crippen molar-refractivity contribution in [1.29, 1.82) is 0 Å². The number of nitrogens with zero attached hydrogens (tertiary/aromatic N) is 2. The minimum absolute atomic E-state index is 0.177. The Hall–Kier alpha value is -3.20. The third-order valence-corrected chi connectivity index (χ3v) is 5.77. The summed E-state index contributed by atoms with van der Waals surface area (Å²) < 4.78 is 1.38. The third-order valence-electron chi connectivity index (χ3n) is 5.54. The summed E-state index contributed by atoms with van der Waals surface area (Å²) in [5.41, 5.74) is 1.44. The molecule has 1 aliphatic heterocycles. The fraction of sp³-hybridized carbons (Fsp3) is 0.261. The van der Waals surface area contributed by atoms with Crippen LogP contribution in [0.2, 0.25) is 5.02 Å². The number of hydrogen-bond donors (Lipinski definition) is 3. The first-order valence-corrected chi connectivity index (χ1v) is 10.5. The van der Waals surface area contributed by atoms with Crippen LogP contribution in [0.1, 0.15) is 5.56 Å². The number of Topliss-reactive ketones (excluding diaryl/α,β-unsaturated/α-hetero) is 1. The quantitative estimate of drug-likeness (QED) is 0.541. The normalized spacial score (nSPS) is 18.0. The molecule has 3 atom stereocenters. The second-order valence-electron chi connectivity index (χ2n) is 7.78. The van der Waals surface area contributed by atoms with Gasteiger partial charge >= 0.3 is 6.03 Å². The topological polar surface area (TPSA) is 112 Å². The Bertz CT molecular complexity index is 1160. The maximum atomic E-state index is 13.0. The standard InChI is InChI=1S/C23H22ClN3O5/c24-16-6-7-18-15(11-16)8-9-27(18)23(32)25-17(10-14-4-2-1-3-5-14)21(30)22(31)26-12-19(28)20(29)13-26/h1-9,11,17,19,21,28,30H,10,12-13H2,(H,25,32)/t17-,19-,21+/m0/s1. The van der Waals surface area contributed by atoms with Gasteiger partial charge in [0.15, 0.2) is 11.9 Å². The molecule has 3 N–H and O–H groups in total. The van der Waals surface area contributed by atoms with Crippen LogP contribution in [-0.2, 0) is 16.0 Å². The maximum absolute atomic E-state index is 13.0. The van der Waals surface area contributed by atoms with Crippen LogP contribution >= 0.6 is 11.6 Å². The summed E-state index contributed by atoms with van der Waals surface area (Å²) in [6.45, 7) is -0.449. The van der Waals surface area contributed by atoms with E-state index in [0.717, 1.165) is 15.8 Å². The largest absolute Gasteiger partial charge is 0.383 e. The van der Waals surface area contributed by atoms with Gasteiger partial charge in [0, 0.05) is 16.6 Å². The van der Waals surface area contributed by atoms with Crippen molar-refractivity contribution in [3.8, 4) is 0 Å². The van der Waals surface area contributed by atoms with E-state index in [4.69, 9.17) is 11.6 Å². The van der Waals surface area contributed by atoms with E-state index in [1.165, 1.54) is 4.57 Å². The second-order valence-corrected chi connectivity index (χ2v) is 8.22. The fourth-order valence-corrected chi connectivity index (χ4v) is 4.00. The molecule has 0 saturated carbocycles. The smallest absolute Gasteiger partial charge is 0.326 e. The molecule has 3 aromatic rings. The van der Waals surface area contributed by atoms with E-state index in [9.17, 15) is 24.6 Å². The molecule has 32 heavy (non-hydrogen) atoms. The van der Waals surface area contributed by atoms with Crippen LogP contribution in [0.25, 0.3) is 10.9 Å². The molecular formula is C23H22ClN3O5. The van der Waals surface area contributed by atoms with Crippen molar-refractivity contribution < 1.29 is 24.6 Å². The van der Waals surface area contributed by atoms with Gasteiger partial charge in [-0.05, 0) is 36.2 Å². The first kappa shape index (κ1) is 22.0. The summed E-state index contributed by atoms with van der Waals surface area (Å²) in [7, 11) is 0. The van der Waals surface area contributed by atoms with Gasteiger partial charge in [0.2, 0.25) is 0 Å². The van der Waals surface area contributed by atoms with Gasteiger partial charge in [-0.1, -0.05) is 41.9 Å². The van der Waals surface area contributed by atoms with Gasteiger partial charge in [0.1, 0.15) is 6.10 Å². The van der Waals surface area contributed by atoms with E-state index in [2.05, 4.69) is 5.32 Å². The summed E-state index contributed by atoms with van der Waals surface area (Å²) in [4.78, 5) is 38.6. The Balaban J connectivity index is 1.58. The predicted molar refractivity (Wildman–Crippen MR) is 118 cm³/mol. The summed E-state index contributed by atoms with van der Waals surface area (Å²) in [5, 5.41) is 24.6. The van der Waals surface area contributed by atoms with Crippen LogP contribution in [-0.4, -0.2) is 68.7 Å². The number of carbonyl (C=O) groups excluding carboxylic acids is 3. The first-order chi connectivity index (χ1) is 15.3. The average molecular weight is 456 g/mol. The molecule has 1 aliphatic rings. The molecule has 0 unspecified atom stereocenters. The number of aliphatic hydroxyl groups is 2. The van der Waals surface area contributed by atoms with Gasteiger partial charge in [-0.3, -0.25) is 14.2 Å². The van der Waals surface area contributed by atoms with Crippen molar-refractivity contribution in [3.05, 3.63) is 71.4 Å². The maximum Gasteiger partial charge on any atom is 0.326 e. The van der Waals surface area contributed by atoms with Crippen LogP contribution in [0.3, 0.4) is 0 Å². The van der Waals surface area contributed by atoms with E-state index in [1.54, 1.807) is 30.5 Å². The summed E-state index contributed by atoms with van der Waals surface area (Å²) in [6.07, 6.45) is -1.09. The lowest BCUT2D eigenvalue weighted by Gasteiger charge is -2.27. The summed E-state index contributed by atoms with van der Waals surface area (Å²) in [6, 6.07) is 14.5. The predicted octanol–water partition coefficient (Wildman–Crippen LogP) is 1.60. The minimum atomic E-state index is -1.60. The number of nitrogens with one attached hydrogen (secondary N) is 1. The van der Waals surface area contributed by atoms with E-state index >= 15 is 0 Å². The Morgan fingerprint density at radius 1 is 1.16 bits per heavy atom. The van der Waals surface area contributed by atoms with Crippen LogP contribution in [0.15, 0.2) is 60.8 Å². The molecule has 0 bridgehead atoms. The van der Waals surface area contributed by atoms with E-state index < -0.39 is 36.0 Å². The van der Waals surface area contributed by atoms with Crippen LogP contribution in [0.4, 0.5) is 4.79 Å². The van der Waals surface area contributed by atoms with Gasteiger partial charge in [-0.2, -0.15) is 0 Å². The summed E-state index contributed by atoms with van der Waals surface area (Å²) >= 11 is 6.01. The minimum Gasteiger partial charge on any atom is -0.383 e. The van der Waals surface area contributed by atoms with E-state index in [1.807, 2.05) is 30.3 Å². The van der Waals surface area contributed by atoms with Crippen molar-refractivity contribution in [3.63, 3.8) is 0 Å². The molecule has 4 rings (SSSR count). The lowest BCUT2D eigenvalue weighted by molar-refractivity contribution is -0.141. The van der Waals surface area contributed by atoms with Gasteiger partial charge in [0.25, 0.3) is 5.91 Å². The van der Waals surface area contributed by atoms with Crippen LogP contribution in [0, 0.1) is 0 Å². The highest BCUT2D eigenvalue weighted by molar-refractivity contribution is 6.31. The molecule has 1 saturated heterocycles. The fourth-order valence-electron chi connectivity index (χ4n) is 3.82. The Morgan fingerprint density at radius 3 is 2.59 bits per heavy atom. The lowest BCUT2D eigenvalue weighted by Crippen LogP contribution is -2.53. The van der Waals surface area contributed by atoms with Crippen molar-refractivity contribution in [1.82, 2.24) is 14.8 Å². The van der Waals surface area contributed by atoms with Crippen LogP contribution in [0.5, 0.6) is 0 Å². The molecule has 8 nitrogen and oxygen atoms in total. The highest BCUT2D eigenvalue weighted by Gasteiger charge is 2.38. The molecule has 2 aromatic carbocycles. The lowest BCUT2D eigenvalue weighted by atomic mass is 10.0. The average Bonchev–Trinajstić information content (AvgIpc) is 3.35. The Kier molecular flexibility index (Phi) is 6.27. The zero-order chi connectivity index (χ0) is 22.8. The molecule has 0 radical (unpaired) electrons. The van der Waals surface area contributed by atoms with Gasteiger partial charge in [-0.15, -0.1) is 0 Å². The Morgan fingerprint density at radius 2 is 1.91 bits per heavy atom. The van der Waals surface area contributed by atoms with Crippen molar-refractivity contribution >= 4 is 40.2 Å². The molecule has 1 aromatic heterocycles. The number of hydrogen-bond acceptors (Lipinski definition) is 5. The number of rotatable bonds is 5. The second kappa shape index (κ2) is 9.12. The summed E-state index contributed by atoms with van der Waals surface area (Å²) in [5.74, 6) is -1.20. The zero-order valence-corrected chi connectivity index (χ0v) is 17.8. The van der Waals surface area contributed by atoms with E-state index in [0.29, 0.717) is 10.5 Å². The monoisotopic (exact) mass is 455 g/mol. The van der Waals surface area contributed by atoms with Gasteiger partial charge < -0.3 is 20.4 Å². The number of likely N-dealkylation sites (tertiary alicyclic amines) is 1. The highest BCUT2D eigenvalue weighted by atomic mass is 35.5. The van der Waals surface area contributed by atoms with Crippen molar-refractivity contribution in [2.75, 3.05) is 13.1 Å². The highest BCUT2D eigenvalue weighted by Crippen LogP contribution is 2.21. The molecule has 2 heterocycles. The van der Waals surface area contributed by atoms with Gasteiger partial charge in [-0.25, -0.2) is 4.79 Å². The van der Waals surface area contributed by atoms with Crippen molar-refractivity contribution in [2.45, 2.75) is 24.7 Å². The van der Waals surface area contributed by atoms with Crippen LogP contribution < -0.4 is 5.32 Å². The molecule has 2 amide bonds. The molecular weight excluding hydrogens is 434 g/mol.